The second-order valence-electron chi connectivity index (χ2n) is 9.69. The summed E-state index contributed by atoms with van der Waals surface area (Å²) in [7, 11) is -1.03. The first kappa shape index (κ1) is 27.0. The van der Waals surface area contributed by atoms with E-state index in [0.29, 0.717) is 12.6 Å². The van der Waals surface area contributed by atoms with Gasteiger partial charge in [0.15, 0.2) is 0 Å². The van der Waals surface area contributed by atoms with Gasteiger partial charge in [-0.15, -0.1) is 0 Å². The van der Waals surface area contributed by atoms with E-state index in [1.165, 1.54) is 12.1 Å². The molecule has 0 bridgehead atoms. The molecule has 1 unspecified atom stereocenters. The highest BCUT2D eigenvalue weighted by Gasteiger charge is 2.28. The molecule has 1 N–H and O–H groups in total. The van der Waals surface area contributed by atoms with Gasteiger partial charge in [0.2, 0.25) is 5.91 Å². The second kappa shape index (κ2) is 11.9. The van der Waals surface area contributed by atoms with Gasteiger partial charge in [0.1, 0.15) is 5.82 Å². The summed E-state index contributed by atoms with van der Waals surface area (Å²) >= 11 is 0. The zero-order valence-electron chi connectivity index (χ0n) is 21.7. The van der Waals surface area contributed by atoms with Gasteiger partial charge in [0.25, 0.3) is 0 Å². The summed E-state index contributed by atoms with van der Waals surface area (Å²) < 4.78 is 26.0. The van der Waals surface area contributed by atoms with E-state index < -0.39 is 10.8 Å². The fraction of sp³-hybridized carbons (Fsp3) is 0.414. The molecule has 6 heteroatoms. The second-order valence-corrected chi connectivity index (χ2v) is 11.1. The summed E-state index contributed by atoms with van der Waals surface area (Å²) in [5.74, 6) is -0.247. The van der Waals surface area contributed by atoms with Crippen LogP contribution < -0.4 is 5.32 Å². The molecule has 0 saturated carbocycles. The Hall–Kier alpha value is -2.57. The van der Waals surface area contributed by atoms with Crippen molar-refractivity contribution in [3.05, 3.63) is 70.5 Å². The number of carbonyl (C=O) groups excluding carboxylic acids is 1. The molecule has 2 aromatic carbocycles. The number of amides is 1. The lowest BCUT2D eigenvalue weighted by Gasteiger charge is -2.27. The number of nitrogens with zero attached hydrogens (tertiary/aromatic N) is 1. The average molecular weight is 497 g/mol. The Morgan fingerprint density at radius 1 is 1.09 bits per heavy atom. The van der Waals surface area contributed by atoms with E-state index in [9.17, 15) is 13.4 Å². The lowest BCUT2D eigenvalue weighted by molar-refractivity contribution is -0.131. The molecule has 3 rings (SSSR count). The van der Waals surface area contributed by atoms with Gasteiger partial charge in [0.05, 0.1) is 6.42 Å². The highest BCUT2D eigenvalue weighted by atomic mass is 32.2. The molecule has 0 aromatic heterocycles. The Morgan fingerprint density at radius 2 is 1.77 bits per heavy atom. The fourth-order valence-corrected chi connectivity index (χ4v) is 4.99. The summed E-state index contributed by atoms with van der Waals surface area (Å²) in [4.78, 5) is 16.1. The zero-order chi connectivity index (χ0) is 25.7. The van der Waals surface area contributed by atoms with E-state index in [4.69, 9.17) is 0 Å². The predicted molar refractivity (Wildman–Crippen MR) is 145 cm³/mol. The van der Waals surface area contributed by atoms with Crippen molar-refractivity contribution in [3.63, 3.8) is 0 Å². The molecule has 4 nitrogen and oxygen atoms in total. The van der Waals surface area contributed by atoms with Crippen molar-refractivity contribution in [2.45, 2.75) is 64.4 Å². The number of fused-ring (bicyclic) bond motifs is 1. The van der Waals surface area contributed by atoms with Crippen LogP contribution >= 0.6 is 0 Å². The lowest BCUT2D eigenvalue weighted by atomic mass is 10.0. The monoisotopic (exact) mass is 496 g/mol. The molecule has 1 atom stereocenters. The van der Waals surface area contributed by atoms with Crippen LogP contribution in [0, 0.1) is 5.82 Å². The normalized spacial score (nSPS) is 15.3. The van der Waals surface area contributed by atoms with Gasteiger partial charge in [-0.05, 0) is 97.5 Å². The van der Waals surface area contributed by atoms with E-state index in [1.807, 2.05) is 49.9 Å². The van der Waals surface area contributed by atoms with Crippen molar-refractivity contribution in [1.29, 1.82) is 0 Å². The van der Waals surface area contributed by atoms with Crippen LogP contribution in [0.25, 0.3) is 17.2 Å². The van der Waals surface area contributed by atoms with Crippen molar-refractivity contribution in [2.75, 3.05) is 19.3 Å². The lowest BCUT2D eigenvalue weighted by Crippen LogP contribution is -2.39. The highest BCUT2D eigenvalue weighted by molar-refractivity contribution is 7.84. The Bertz CT molecular complexity index is 1150. The number of hydrogen-bond acceptors (Lipinski definition) is 3. The molecule has 35 heavy (non-hydrogen) atoms. The SMILES string of the molecule is CC1=C(CC(=O)N(CCCNC(C)C)C(C)C)c2cc(F)ccc2/C1=C\c1ccc(S(C)=O)cc1. The summed E-state index contributed by atoms with van der Waals surface area (Å²) in [5.41, 5.74) is 5.56. The van der Waals surface area contributed by atoms with Gasteiger partial charge in [-0.1, -0.05) is 32.0 Å². The molecular weight excluding hydrogens is 459 g/mol. The van der Waals surface area contributed by atoms with Crippen LogP contribution in [0.3, 0.4) is 0 Å². The van der Waals surface area contributed by atoms with E-state index in [1.54, 1.807) is 12.3 Å². The largest absolute Gasteiger partial charge is 0.340 e. The Balaban J connectivity index is 1.89. The topological polar surface area (TPSA) is 49.4 Å². The van der Waals surface area contributed by atoms with E-state index in [2.05, 4.69) is 25.2 Å². The molecule has 1 aliphatic rings. The maximum atomic E-state index is 14.3. The maximum absolute atomic E-state index is 14.3. The van der Waals surface area contributed by atoms with Crippen molar-refractivity contribution >= 4 is 33.9 Å². The summed E-state index contributed by atoms with van der Waals surface area (Å²) in [6.07, 6.45) is 4.84. The molecule has 0 spiro atoms. The molecule has 0 fully saturated rings. The summed E-state index contributed by atoms with van der Waals surface area (Å²) in [6, 6.07) is 12.9. The smallest absolute Gasteiger partial charge is 0.227 e. The van der Waals surface area contributed by atoms with Gasteiger partial charge in [0, 0.05) is 40.6 Å². The van der Waals surface area contributed by atoms with Gasteiger partial charge in [-0.2, -0.15) is 0 Å². The fourth-order valence-electron chi connectivity index (χ4n) is 4.47. The van der Waals surface area contributed by atoms with Crippen molar-refractivity contribution in [3.8, 4) is 0 Å². The molecule has 0 aliphatic heterocycles. The zero-order valence-corrected chi connectivity index (χ0v) is 22.5. The van der Waals surface area contributed by atoms with Gasteiger partial charge in [-0.3, -0.25) is 9.00 Å². The average Bonchev–Trinajstić information content (AvgIpc) is 3.04. The summed E-state index contributed by atoms with van der Waals surface area (Å²) in [6.45, 7) is 11.9. The van der Waals surface area contributed by atoms with Gasteiger partial charge >= 0.3 is 0 Å². The van der Waals surface area contributed by atoms with Crippen LogP contribution in [0.4, 0.5) is 4.39 Å². The van der Waals surface area contributed by atoms with Gasteiger partial charge < -0.3 is 10.2 Å². The first-order valence-corrected chi connectivity index (χ1v) is 13.8. The molecule has 1 amide bonds. The molecule has 0 saturated heterocycles. The molecular formula is C29H37FN2O2S. The Labute approximate surface area is 211 Å². The number of nitrogens with one attached hydrogen (secondary N) is 1. The van der Waals surface area contributed by atoms with Crippen LogP contribution in [-0.2, 0) is 15.6 Å². The van der Waals surface area contributed by atoms with Crippen LogP contribution in [0.15, 0.2) is 52.9 Å². The van der Waals surface area contributed by atoms with Crippen molar-refractivity contribution < 1.29 is 13.4 Å². The molecule has 0 heterocycles. The third kappa shape index (κ3) is 6.77. The number of carbonyl (C=O) groups is 1. The quantitative estimate of drug-likeness (QED) is 0.416. The first-order chi connectivity index (χ1) is 16.6. The summed E-state index contributed by atoms with van der Waals surface area (Å²) in [5, 5.41) is 3.40. The third-order valence-corrected chi connectivity index (χ3v) is 7.31. The number of hydrogen-bond donors (Lipinski definition) is 1. The number of benzene rings is 2. The van der Waals surface area contributed by atoms with Crippen molar-refractivity contribution in [2.24, 2.45) is 0 Å². The van der Waals surface area contributed by atoms with Gasteiger partial charge in [-0.25, -0.2) is 4.39 Å². The van der Waals surface area contributed by atoms with Crippen molar-refractivity contribution in [1.82, 2.24) is 10.2 Å². The number of rotatable bonds is 10. The van der Waals surface area contributed by atoms with Crippen LogP contribution in [0.5, 0.6) is 0 Å². The standard InChI is InChI=1S/C29H37FN2O2S/c1-19(2)31-14-7-15-32(20(3)4)29(33)18-27-21(5)26(25-13-10-23(30)17-28(25)27)16-22-8-11-24(12-9-22)35(6)34/h8-13,16-17,19-20,31H,7,14-15,18H2,1-6H3/b26-16-. The molecule has 2 aromatic rings. The number of halogens is 1. The molecule has 188 valence electrons. The minimum absolute atomic E-state index is 0.0603. The minimum Gasteiger partial charge on any atom is -0.340 e. The molecule has 1 aliphatic carbocycles. The van der Waals surface area contributed by atoms with Crippen LogP contribution in [-0.4, -0.2) is 46.4 Å². The maximum Gasteiger partial charge on any atom is 0.227 e. The number of allylic oxidation sites excluding steroid dienone is 2. The van der Waals surface area contributed by atoms with E-state index in [-0.39, 0.29) is 24.2 Å². The van der Waals surface area contributed by atoms with Crippen LogP contribution in [0.2, 0.25) is 0 Å². The van der Waals surface area contributed by atoms with E-state index in [0.717, 1.165) is 51.3 Å². The van der Waals surface area contributed by atoms with E-state index >= 15 is 0 Å². The third-order valence-electron chi connectivity index (χ3n) is 6.38. The first-order valence-electron chi connectivity index (χ1n) is 12.3. The Morgan fingerprint density at radius 3 is 2.37 bits per heavy atom. The van der Waals surface area contributed by atoms with Crippen LogP contribution in [0.1, 0.15) is 64.2 Å². The molecule has 0 radical (unpaired) electrons. The predicted octanol–water partition coefficient (Wildman–Crippen LogP) is 5.91. The minimum atomic E-state index is -1.03. The Kier molecular flexibility index (Phi) is 9.20. The highest BCUT2D eigenvalue weighted by Crippen LogP contribution is 2.44.